The summed E-state index contributed by atoms with van der Waals surface area (Å²) in [5.41, 5.74) is 5.53. The van der Waals surface area contributed by atoms with Crippen molar-refractivity contribution in [3.63, 3.8) is 0 Å². The molecule has 1 unspecified atom stereocenters. The Balaban J connectivity index is 0.991. The lowest BCUT2D eigenvalue weighted by Gasteiger charge is -2.37. The van der Waals surface area contributed by atoms with Crippen molar-refractivity contribution in [2.75, 3.05) is 32.6 Å². The number of ether oxygens (including phenoxy) is 2. The third-order valence-electron chi connectivity index (χ3n) is 11.8. The summed E-state index contributed by atoms with van der Waals surface area (Å²) in [4.78, 5) is 59.8. The number of rotatable bonds is 10. The summed E-state index contributed by atoms with van der Waals surface area (Å²) >= 11 is 1.88. The van der Waals surface area contributed by atoms with Crippen molar-refractivity contribution in [1.82, 2.24) is 35.1 Å². The number of alkyl carbamates (subject to hydrolysis) is 1. The molecule has 0 radical (unpaired) electrons. The molecule has 5 atom stereocenters. The Bertz CT molecular complexity index is 2110. The molecule has 3 aliphatic rings. The molecule has 2 aromatic heterocycles. The van der Waals surface area contributed by atoms with Crippen molar-refractivity contribution in [2.45, 2.75) is 83.8 Å². The van der Waals surface area contributed by atoms with Crippen LogP contribution in [0.4, 0.5) is 4.79 Å². The van der Waals surface area contributed by atoms with Gasteiger partial charge < -0.3 is 34.6 Å². The average Bonchev–Trinajstić information content (AvgIpc) is 4.08. The molecule has 3 aliphatic heterocycles. The van der Waals surface area contributed by atoms with Crippen LogP contribution in [0.5, 0.6) is 0 Å². The first-order valence-corrected chi connectivity index (χ1v) is 21.6. The maximum atomic E-state index is 13.9. The van der Waals surface area contributed by atoms with Crippen LogP contribution < -0.4 is 5.32 Å². The quantitative estimate of drug-likeness (QED) is 0.139. The zero-order chi connectivity index (χ0) is 40.9. The fourth-order valence-electron chi connectivity index (χ4n) is 8.01. The van der Waals surface area contributed by atoms with Crippen LogP contribution in [0.3, 0.4) is 0 Å². The summed E-state index contributed by atoms with van der Waals surface area (Å²) in [5.74, 6) is 9.55. The third-order valence-corrected chi connectivity index (χ3v) is 13.3. The summed E-state index contributed by atoms with van der Waals surface area (Å²) in [6.45, 7) is 12.2. The lowest BCUT2D eigenvalue weighted by Crippen LogP contribution is -2.51. The number of H-pyrrole nitrogens is 2. The van der Waals surface area contributed by atoms with Gasteiger partial charge in [0, 0.05) is 42.6 Å². The monoisotopic (exact) mass is 805 g/mol. The fourth-order valence-corrected chi connectivity index (χ4v) is 9.66. The van der Waals surface area contributed by atoms with Crippen LogP contribution >= 0.6 is 11.8 Å². The Hall–Kier alpha value is -5.06. The van der Waals surface area contributed by atoms with Crippen LogP contribution in [0.15, 0.2) is 60.9 Å². The maximum Gasteiger partial charge on any atom is 0.407 e. The van der Waals surface area contributed by atoms with Crippen LogP contribution in [0.25, 0.3) is 22.5 Å². The van der Waals surface area contributed by atoms with Crippen molar-refractivity contribution < 1.29 is 23.9 Å². The van der Waals surface area contributed by atoms with E-state index in [0.717, 1.165) is 89.9 Å². The van der Waals surface area contributed by atoms with Gasteiger partial charge in [-0.25, -0.2) is 14.8 Å². The molecule has 13 heteroatoms. The predicted molar refractivity (Wildman–Crippen MR) is 225 cm³/mol. The number of carbonyl (C=O) groups is 3. The molecule has 0 aliphatic carbocycles. The third kappa shape index (κ3) is 8.98. The van der Waals surface area contributed by atoms with E-state index in [1.54, 1.807) is 6.20 Å². The average molecular weight is 806 g/mol. The minimum absolute atomic E-state index is 0.0642. The van der Waals surface area contributed by atoms with Gasteiger partial charge in [0.15, 0.2) is 0 Å². The molecule has 7 rings (SSSR count). The molecule has 12 nitrogen and oxygen atoms in total. The highest BCUT2D eigenvalue weighted by Gasteiger charge is 2.45. The van der Waals surface area contributed by atoms with E-state index in [0.29, 0.717) is 12.5 Å². The van der Waals surface area contributed by atoms with E-state index in [1.165, 1.54) is 7.11 Å². The van der Waals surface area contributed by atoms with Crippen LogP contribution in [-0.4, -0.2) is 91.7 Å². The molecular formula is C45H55N7O5S. The Morgan fingerprint density at radius 1 is 0.810 bits per heavy atom. The van der Waals surface area contributed by atoms with E-state index in [2.05, 4.69) is 63.0 Å². The lowest BCUT2D eigenvalue weighted by molar-refractivity contribution is -0.140. The second kappa shape index (κ2) is 18.2. The number of imidazole rings is 2. The van der Waals surface area contributed by atoms with E-state index < -0.39 is 12.1 Å². The minimum Gasteiger partial charge on any atom is -0.453 e. The largest absolute Gasteiger partial charge is 0.453 e. The van der Waals surface area contributed by atoms with Gasteiger partial charge in [0.05, 0.1) is 48.3 Å². The van der Waals surface area contributed by atoms with Gasteiger partial charge in [-0.2, -0.15) is 0 Å². The first-order valence-electron chi connectivity index (χ1n) is 20.5. The summed E-state index contributed by atoms with van der Waals surface area (Å²) in [6.07, 6.45) is 6.65. The first-order chi connectivity index (χ1) is 28.0. The van der Waals surface area contributed by atoms with E-state index in [-0.39, 0.29) is 47.0 Å². The van der Waals surface area contributed by atoms with Crippen molar-refractivity contribution in [1.29, 1.82) is 0 Å². The molecule has 306 valence electrons. The number of benzene rings is 2. The smallest absolute Gasteiger partial charge is 0.407 e. The number of carbonyl (C=O) groups excluding carboxylic acids is 3. The Morgan fingerprint density at radius 3 is 1.91 bits per heavy atom. The zero-order valence-corrected chi connectivity index (χ0v) is 35.1. The maximum absolute atomic E-state index is 13.9. The van der Waals surface area contributed by atoms with Gasteiger partial charge in [-0.3, -0.25) is 9.59 Å². The number of aromatic nitrogens is 4. The van der Waals surface area contributed by atoms with Crippen molar-refractivity contribution >= 4 is 29.7 Å². The van der Waals surface area contributed by atoms with Gasteiger partial charge in [0.2, 0.25) is 11.8 Å². The summed E-state index contributed by atoms with van der Waals surface area (Å²) in [6, 6.07) is 15.2. The van der Waals surface area contributed by atoms with Gasteiger partial charge >= 0.3 is 6.09 Å². The summed E-state index contributed by atoms with van der Waals surface area (Å²) in [7, 11) is 1.29. The molecule has 4 aromatic rings. The molecule has 2 aromatic carbocycles. The predicted octanol–water partition coefficient (Wildman–Crippen LogP) is 7.57. The van der Waals surface area contributed by atoms with Gasteiger partial charge in [-0.05, 0) is 78.8 Å². The van der Waals surface area contributed by atoms with Crippen LogP contribution in [0.1, 0.15) is 95.2 Å². The molecule has 3 fully saturated rings. The van der Waals surface area contributed by atoms with Crippen molar-refractivity contribution in [2.24, 2.45) is 23.7 Å². The minimum atomic E-state index is -0.681. The molecule has 3 N–H and O–H groups in total. The second-order valence-corrected chi connectivity index (χ2v) is 17.4. The Kier molecular flexibility index (Phi) is 12.9. The second-order valence-electron chi connectivity index (χ2n) is 16.3. The number of nitrogens with zero attached hydrogens (tertiary/aromatic N) is 4. The SMILES string of the molecule is COC(=O)N[C@H](C(=O)N1CCC[C@H]1c1ncc(-c2ccc(C#Cc3ccc(-c4cnc([C@@H]5CSC(C6CCOCC6)N5C(=O)[C@@H](C)C(C)C)[nH]4)cc3)cc2)[nH]1)C(C)C. The Labute approximate surface area is 345 Å². The van der Waals surface area contributed by atoms with Crippen LogP contribution in [0, 0.1) is 35.5 Å². The van der Waals surface area contributed by atoms with Crippen molar-refractivity contribution in [3.8, 4) is 34.4 Å². The highest BCUT2D eigenvalue weighted by Crippen LogP contribution is 2.45. The number of aromatic amines is 2. The molecule has 0 saturated carbocycles. The number of hydrogen-bond acceptors (Lipinski definition) is 8. The zero-order valence-electron chi connectivity index (χ0n) is 34.3. The van der Waals surface area contributed by atoms with E-state index in [4.69, 9.17) is 14.5 Å². The molecule has 58 heavy (non-hydrogen) atoms. The summed E-state index contributed by atoms with van der Waals surface area (Å²) in [5, 5.41) is 2.83. The molecule has 0 bridgehead atoms. The molecule has 3 amide bonds. The fraction of sp³-hybridized carbons (Fsp3) is 0.489. The van der Waals surface area contributed by atoms with E-state index in [1.807, 2.05) is 80.0 Å². The molecule has 5 heterocycles. The van der Waals surface area contributed by atoms with Gasteiger partial charge in [-0.15, -0.1) is 11.8 Å². The Morgan fingerprint density at radius 2 is 1.38 bits per heavy atom. The standard InChI is InChI=1S/C45H55N7O5S/c1-27(2)29(5)42(53)52-38(26-58-44(52)34-19-22-57-23-20-34)41-47-25-36(49-41)33-17-13-31(14-18-33)10-9-30-11-15-32(16-12-30)35-24-46-40(48-35)37-8-7-21-51(37)43(54)39(28(3)4)50-45(55)56-6/h11-18,24-25,27-29,34,37-39,44H,7-8,19-23,26H2,1-6H3,(H,46,48)(H,47,49)(H,50,55)/t29-,37-,38-,39-,44?/m0/s1. The number of likely N-dealkylation sites (tertiary alicyclic amines) is 1. The van der Waals surface area contributed by atoms with Crippen LogP contribution in [0.2, 0.25) is 0 Å². The van der Waals surface area contributed by atoms with E-state index >= 15 is 0 Å². The molecule has 0 spiro atoms. The van der Waals surface area contributed by atoms with Crippen molar-refractivity contribution in [3.05, 3.63) is 83.7 Å². The number of nitrogens with one attached hydrogen (secondary N) is 3. The van der Waals surface area contributed by atoms with Gasteiger partial charge in [0.1, 0.15) is 17.7 Å². The normalized spacial score (nSPS) is 20.9. The number of hydrogen-bond donors (Lipinski definition) is 3. The number of thioether (sulfide) groups is 1. The highest BCUT2D eigenvalue weighted by molar-refractivity contribution is 8.00. The molecule has 3 saturated heterocycles. The van der Waals surface area contributed by atoms with Gasteiger partial charge in [-0.1, -0.05) is 70.7 Å². The van der Waals surface area contributed by atoms with Gasteiger partial charge in [0.25, 0.3) is 0 Å². The first kappa shape index (κ1) is 41.1. The van der Waals surface area contributed by atoms with Crippen LogP contribution in [-0.2, 0) is 19.1 Å². The highest BCUT2D eigenvalue weighted by atomic mass is 32.2. The summed E-state index contributed by atoms with van der Waals surface area (Å²) < 4.78 is 10.4. The lowest BCUT2D eigenvalue weighted by atomic mass is 9.93. The number of methoxy groups -OCH3 is 1. The number of amides is 3. The topological polar surface area (TPSA) is 146 Å². The molecular weight excluding hydrogens is 751 g/mol. The van der Waals surface area contributed by atoms with E-state index in [9.17, 15) is 14.4 Å².